The molecular formula is C62H62N3OPt-. The zero-order valence-corrected chi connectivity index (χ0v) is 43.3. The van der Waals surface area contributed by atoms with Gasteiger partial charge in [0.15, 0.2) is 0 Å². The van der Waals surface area contributed by atoms with E-state index in [-0.39, 0.29) is 48.5 Å². The quantitative estimate of drug-likeness (QED) is 0.169. The molecule has 0 aliphatic carbocycles. The van der Waals surface area contributed by atoms with Crippen LogP contribution in [0, 0.1) is 6.07 Å². The second kappa shape index (κ2) is 17.5. The molecule has 0 saturated heterocycles. The van der Waals surface area contributed by atoms with Crippen LogP contribution in [0.4, 0.5) is 0 Å². The molecule has 0 saturated carbocycles. The Bertz CT molecular complexity index is 3240. The monoisotopic (exact) mass is 1060 g/mol. The first kappa shape index (κ1) is 47.4. The molecule has 67 heavy (non-hydrogen) atoms. The number of aromatic nitrogens is 3. The molecular weight excluding hydrogens is 998 g/mol. The molecule has 0 aliphatic heterocycles. The van der Waals surface area contributed by atoms with E-state index in [2.05, 4.69) is 215 Å². The van der Waals surface area contributed by atoms with E-state index in [9.17, 15) is 5.11 Å². The van der Waals surface area contributed by atoms with Gasteiger partial charge in [-0.2, -0.15) is 0 Å². The maximum atomic E-state index is 11.1. The maximum absolute atomic E-state index is 11.1. The number of phenolic OH excluding ortho intramolecular Hbond substituents is 1. The molecule has 0 bridgehead atoms. The molecule has 0 unspecified atom stereocenters. The number of benzene rings is 6. The Hall–Kier alpha value is -6.09. The van der Waals surface area contributed by atoms with Crippen LogP contribution in [0.3, 0.4) is 0 Å². The standard InChI is InChI=1S/C62H62N3O.Pt/c1-59(2,3)45-29-43(30-46(35-45)60(4,5)6)44-33-54(64-55(34-44)51-21-14-16-23-58(51)66)42-19-17-18-41(28-42)53-32-40(26-27-63-53)39-24-25-57-52(31-39)50-20-13-15-22-56(50)65(57)49-37-47(61(7,8)9)36-48(38-49)62(10,11)12;/h13-27,29-38,66H,1-12H3;/q-1;. The van der Waals surface area contributed by atoms with Crippen LogP contribution in [0.2, 0.25) is 0 Å². The van der Waals surface area contributed by atoms with Gasteiger partial charge in [-0.1, -0.05) is 167 Å². The number of para-hydroxylation sites is 2. The molecule has 1 N–H and O–H groups in total. The predicted octanol–water partition coefficient (Wildman–Crippen LogP) is 16.6. The van der Waals surface area contributed by atoms with Crippen molar-refractivity contribution in [3.63, 3.8) is 0 Å². The van der Waals surface area contributed by atoms with Crippen LogP contribution in [-0.4, -0.2) is 19.6 Å². The van der Waals surface area contributed by atoms with Crippen LogP contribution in [0.15, 0.2) is 152 Å². The molecule has 5 heteroatoms. The molecule has 342 valence electrons. The average molecular weight is 1060 g/mol. The molecule has 0 fully saturated rings. The van der Waals surface area contributed by atoms with Gasteiger partial charge in [-0.15, -0.1) is 24.3 Å². The van der Waals surface area contributed by atoms with E-state index in [1.165, 1.54) is 49.7 Å². The molecule has 3 aromatic heterocycles. The number of pyridine rings is 2. The minimum atomic E-state index is -0.0458. The van der Waals surface area contributed by atoms with Gasteiger partial charge in [-0.05, 0) is 121 Å². The van der Waals surface area contributed by atoms with E-state index < -0.39 is 0 Å². The van der Waals surface area contributed by atoms with Crippen LogP contribution >= 0.6 is 0 Å². The average Bonchev–Trinajstić information content (AvgIpc) is 3.61. The third-order valence-electron chi connectivity index (χ3n) is 13.0. The third kappa shape index (κ3) is 9.57. The summed E-state index contributed by atoms with van der Waals surface area (Å²) in [6, 6.07) is 55.6. The van der Waals surface area contributed by atoms with Crippen molar-refractivity contribution in [2.45, 2.75) is 105 Å². The predicted molar refractivity (Wildman–Crippen MR) is 279 cm³/mol. The minimum Gasteiger partial charge on any atom is -0.507 e. The Morgan fingerprint density at radius 3 is 1.57 bits per heavy atom. The normalized spacial score (nSPS) is 12.4. The second-order valence-electron chi connectivity index (χ2n) is 22.2. The van der Waals surface area contributed by atoms with Crippen molar-refractivity contribution in [2.24, 2.45) is 0 Å². The smallest absolute Gasteiger partial charge is 0.124 e. The van der Waals surface area contributed by atoms with Gasteiger partial charge in [0, 0.05) is 60.7 Å². The van der Waals surface area contributed by atoms with E-state index >= 15 is 0 Å². The van der Waals surface area contributed by atoms with Gasteiger partial charge in [0.25, 0.3) is 0 Å². The van der Waals surface area contributed by atoms with E-state index in [0.29, 0.717) is 11.3 Å². The van der Waals surface area contributed by atoms with Crippen LogP contribution in [-0.2, 0) is 42.7 Å². The van der Waals surface area contributed by atoms with Crippen LogP contribution in [0.5, 0.6) is 5.75 Å². The summed E-state index contributed by atoms with van der Waals surface area (Å²) in [6.45, 7) is 27.4. The maximum Gasteiger partial charge on any atom is 0.124 e. The molecule has 9 aromatic rings. The van der Waals surface area contributed by atoms with Crippen molar-refractivity contribution in [2.75, 3.05) is 0 Å². The van der Waals surface area contributed by atoms with Crippen molar-refractivity contribution in [3.05, 3.63) is 180 Å². The van der Waals surface area contributed by atoms with Crippen LogP contribution in [0.1, 0.15) is 105 Å². The number of hydrogen-bond acceptors (Lipinski definition) is 3. The summed E-state index contributed by atoms with van der Waals surface area (Å²) in [7, 11) is 0. The second-order valence-corrected chi connectivity index (χ2v) is 22.2. The Labute approximate surface area is 412 Å². The van der Waals surface area contributed by atoms with Crippen molar-refractivity contribution in [3.8, 4) is 67.5 Å². The van der Waals surface area contributed by atoms with E-state index in [4.69, 9.17) is 9.97 Å². The number of hydrogen-bond donors (Lipinski definition) is 1. The summed E-state index contributed by atoms with van der Waals surface area (Å²) in [5.41, 5.74) is 17.7. The summed E-state index contributed by atoms with van der Waals surface area (Å²) in [6.07, 6.45) is 1.90. The van der Waals surface area contributed by atoms with Crippen molar-refractivity contribution >= 4 is 21.8 Å². The molecule has 6 aromatic carbocycles. The Morgan fingerprint density at radius 2 is 0.940 bits per heavy atom. The zero-order chi connectivity index (χ0) is 46.9. The number of phenols is 1. The SMILES string of the molecule is CC(C)(C)c1cc(-c2cc(-c3[c-]c(-c4cc(-c5ccc6c(c5)c5ccccc5n6-c5cc(C(C)(C)C)cc(C(C)(C)C)c5)ccn4)ccc3)nc(-c3ccccc3O)c2)cc(C(C)(C)C)c1.[Pt]. The molecule has 0 radical (unpaired) electrons. The largest absolute Gasteiger partial charge is 0.507 e. The summed E-state index contributed by atoms with van der Waals surface area (Å²) in [4.78, 5) is 10.1. The van der Waals surface area contributed by atoms with E-state index in [1.54, 1.807) is 6.07 Å². The molecule has 0 amide bonds. The van der Waals surface area contributed by atoms with Crippen molar-refractivity contribution in [1.29, 1.82) is 0 Å². The summed E-state index contributed by atoms with van der Waals surface area (Å²) in [5.74, 6) is 0.192. The fourth-order valence-electron chi connectivity index (χ4n) is 8.89. The topological polar surface area (TPSA) is 50.9 Å². The number of aromatic hydroxyl groups is 1. The first-order valence-electron chi connectivity index (χ1n) is 23.3. The van der Waals surface area contributed by atoms with Gasteiger partial charge in [0.05, 0.1) is 16.7 Å². The molecule has 3 heterocycles. The third-order valence-corrected chi connectivity index (χ3v) is 13.0. The Morgan fingerprint density at radius 1 is 0.433 bits per heavy atom. The zero-order valence-electron chi connectivity index (χ0n) is 41.0. The van der Waals surface area contributed by atoms with E-state index in [0.717, 1.165) is 44.8 Å². The fraction of sp³-hybridized carbons (Fsp3) is 0.258. The summed E-state index contributed by atoms with van der Waals surface area (Å²) in [5, 5.41) is 13.5. The van der Waals surface area contributed by atoms with Gasteiger partial charge < -0.3 is 9.67 Å². The first-order valence-corrected chi connectivity index (χ1v) is 23.3. The molecule has 0 aliphatic rings. The van der Waals surface area contributed by atoms with Gasteiger partial charge in [0.1, 0.15) is 5.75 Å². The Kier molecular flexibility index (Phi) is 12.4. The molecule has 9 rings (SSSR count). The van der Waals surface area contributed by atoms with Crippen LogP contribution in [0.25, 0.3) is 83.5 Å². The minimum absolute atomic E-state index is 0. The Balaban J connectivity index is 0.00000608. The molecule has 4 nitrogen and oxygen atoms in total. The summed E-state index contributed by atoms with van der Waals surface area (Å²) >= 11 is 0. The molecule has 0 atom stereocenters. The van der Waals surface area contributed by atoms with E-state index in [1.807, 2.05) is 24.4 Å². The van der Waals surface area contributed by atoms with Gasteiger partial charge in [-0.25, -0.2) is 0 Å². The first-order chi connectivity index (χ1) is 31.1. The van der Waals surface area contributed by atoms with Gasteiger partial charge >= 0.3 is 0 Å². The number of rotatable bonds is 6. The fourth-order valence-corrected chi connectivity index (χ4v) is 8.89. The van der Waals surface area contributed by atoms with Crippen LogP contribution < -0.4 is 0 Å². The summed E-state index contributed by atoms with van der Waals surface area (Å²) < 4.78 is 2.44. The molecule has 0 spiro atoms. The van der Waals surface area contributed by atoms with Crippen molar-refractivity contribution < 1.29 is 26.2 Å². The van der Waals surface area contributed by atoms with Crippen molar-refractivity contribution in [1.82, 2.24) is 14.5 Å². The number of nitrogens with zero attached hydrogens (tertiary/aromatic N) is 3. The number of fused-ring (bicyclic) bond motifs is 3. The van der Waals surface area contributed by atoms with Gasteiger partial charge in [-0.3, -0.25) is 9.97 Å². The van der Waals surface area contributed by atoms with Gasteiger partial charge in [0.2, 0.25) is 0 Å².